The number of carbonyl (C=O) groups is 2. The van der Waals surface area contributed by atoms with E-state index in [1.807, 2.05) is 63.2 Å². The summed E-state index contributed by atoms with van der Waals surface area (Å²) in [6.45, 7) is 7.59. The molecular formula is C29H35N3O4S. The average molecular weight is 522 g/mol. The number of rotatable bonds is 11. The van der Waals surface area contributed by atoms with Crippen LogP contribution in [0.3, 0.4) is 0 Å². The van der Waals surface area contributed by atoms with Gasteiger partial charge in [0.15, 0.2) is 0 Å². The van der Waals surface area contributed by atoms with Gasteiger partial charge in [0.2, 0.25) is 11.8 Å². The first kappa shape index (κ1) is 27.9. The number of aryl methyl sites for hydroxylation is 2. The third kappa shape index (κ3) is 6.98. The van der Waals surface area contributed by atoms with Crippen LogP contribution in [0.5, 0.6) is 0 Å². The van der Waals surface area contributed by atoms with Crippen LogP contribution in [-0.2, 0) is 26.2 Å². The van der Waals surface area contributed by atoms with Gasteiger partial charge in [-0.3, -0.25) is 13.9 Å². The molecule has 3 aromatic carbocycles. The first-order valence-electron chi connectivity index (χ1n) is 12.4. The largest absolute Gasteiger partial charge is 0.354 e. The SMILES string of the molecule is CCCNC(=O)[C@H](C)N(Cc1ccccc1)C(=O)CN(c1ccc(C)cc1C)S(=O)(=O)c1ccccc1. The first-order valence-corrected chi connectivity index (χ1v) is 13.8. The van der Waals surface area contributed by atoms with Crippen LogP contribution < -0.4 is 9.62 Å². The fourth-order valence-corrected chi connectivity index (χ4v) is 5.58. The topological polar surface area (TPSA) is 86.8 Å². The van der Waals surface area contributed by atoms with E-state index in [9.17, 15) is 18.0 Å². The van der Waals surface area contributed by atoms with Crippen molar-refractivity contribution in [3.63, 3.8) is 0 Å². The zero-order valence-electron chi connectivity index (χ0n) is 21.8. The van der Waals surface area contributed by atoms with E-state index >= 15 is 0 Å². The van der Waals surface area contributed by atoms with Gasteiger partial charge in [-0.1, -0.05) is 73.2 Å². The van der Waals surface area contributed by atoms with Crippen molar-refractivity contribution in [1.29, 1.82) is 0 Å². The van der Waals surface area contributed by atoms with Gasteiger partial charge in [-0.05, 0) is 56.5 Å². The Labute approximate surface area is 220 Å². The minimum Gasteiger partial charge on any atom is -0.354 e. The van der Waals surface area contributed by atoms with E-state index in [1.54, 1.807) is 31.2 Å². The fraction of sp³-hybridized carbons (Fsp3) is 0.310. The number of hydrogen-bond donors (Lipinski definition) is 1. The highest BCUT2D eigenvalue weighted by molar-refractivity contribution is 7.92. The highest BCUT2D eigenvalue weighted by atomic mass is 32.2. The molecule has 196 valence electrons. The van der Waals surface area contributed by atoms with Crippen molar-refractivity contribution >= 4 is 27.5 Å². The standard InChI is InChI=1S/C29H35N3O4S/c1-5-18-30-29(34)24(4)31(20-25-12-8-6-9-13-25)28(33)21-32(27-17-16-22(2)19-23(27)3)37(35,36)26-14-10-7-11-15-26/h6-17,19,24H,5,18,20-21H2,1-4H3,(H,30,34)/t24-/m0/s1. The van der Waals surface area contributed by atoms with E-state index in [2.05, 4.69) is 5.32 Å². The van der Waals surface area contributed by atoms with Crippen LogP contribution in [-0.4, -0.2) is 44.3 Å². The lowest BCUT2D eigenvalue weighted by Crippen LogP contribution is -2.51. The number of nitrogens with one attached hydrogen (secondary N) is 1. The smallest absolute Gasteiger partial charge is 0.264 e. The molecule has 1 N–H and O–H groups in total. The molecule has 8 heteroatoms. The normalized spacial score (nSPS) is 12.0. The Balaban J connectivity index is 2.03. The van der Waals surface area contributed by atoms with E-state index in [-0.39, 0.29) is 17.3 Å². The summed E-state index contributed by atoms with van der Waals surface area (Å²) in [5, 5.41) is 2.84. The van der Waals surface area contributed by atoms with Crippen LogP contribution in [0.25, 0.3) is 0 Å². The number of hydrogen-bond acceptors (Lipinski definition) is 4. The summed E-state index contributed by atoms with van der Waals surface area (Å²) >= 11 is 0. The predicted molar refractivity (Wildman–Crippen MR) is 147 cm³/mol. The number of amides is 2. The molecule has 0 radical (unpaired) electrons. The Morgan fingerprint density at radius 2 is 1.54 bits per heavy atom. The third-order valence-corrected chi connectivity index (χ3v) is 7.92. The van der Waals surface area contributed by atoms with Gasteiger partial charge in [0.25, 0.3) is 10.0 Å². The Kier molecular flexibility index (Phi) is 9.47. The van der Waals surface area contributed by atoms with Gasteiger partial charge in [-0.2, -0.15) is 0 Å². The summed E-state index contributed by atoms with van der Waals surface area (Å²) in [6.07, 6.45) is 0.765. The molecular weight excluding hydrogens is 486 g/mol. The summed E-state index contributed by atoms with van der Waals surface area (Å²) in [4.78, 5) is 28.2. The van der Waals surface area contributed by atoms with E-state index in [1.165, 1.54) is 17.0 Å². The summed E-state index contributed by atoms with van der Waals surface area (Å²) in [5.41, 5.74) is 2.98. The fourth-order valence-electron chi connectivity index (χ4n) is 4.08. The van der Waals surface area contributed by atoms with Crippen molar-refractivity contribution < 1.29 is 18.0 Å². The zero-order valence-corrected chi connectivity index (χ0v) is 22.7. The van der Waals surface area contributed by atoms with Gasteiger partial charge >= 0.3 is 0 Å². The molecule has 0 fully saturated rings. The lowest BCUT2D eigenvalue weighted by molar-refractivity contribution is -0.139. The number of anilines is 1. The quantitative estimate of drug-likeness (QED) is 0.404. The van der Waals surface area contributed by atoms with Crippen LogP contribution in [0.1, 0.15) is 37.0 Å². The summed E-state index contributed by atoms with van der Waals surface area (Å²) in [5.74, 6) is -0.752. The number of carbonyl (C=O) groups excluding carboxylic acids is 2. The molecule has 37 heavy (non-hydrogen) atoms. The summed E-state index contributed by atoms with van der Waals surface area (Å²) in [7, 11) is -4.07. The van der Waals surface area contributed by atoms with Crippen molar-refractivity contribution in [1.82, 2.24) is 10.2 Å². The molecule has 0 aliphatic carbocycles. The van der Waals surface area contributed by atoms with Gasteiger partial charge < -0.3 is 10.2 Å². The van der Waals surface area contributed by atoms with Crippen molar-refractivity contribution in [2.24, 2.45) is 0 Å². The van der Waals surface area contributed by atoms with Gasteiger partial charge in [0.05, 0.1) is 10.6 Å². The summed E-state index contributed by atoms with van der Waals surface area (Å²) < 4.78 is 28.8. The molecule has 0 saturated carbocycles. The van der Waals surface area contributed by atoms with Crippen molar-refractivity contribution in [2.75, 3.05) is 17.4 Å². The van der Waals surface area contributed by atoms with Crippen LogP contribution in [0.15, 0.2) is 83.8 Å². The van der Waals surface area contributed by atoms with E-state index < -0.39 is 28.5 Å². The van der Waals surface area contributed by atoms with Crippen LogP contribution >= 0.6 is 0 Å². The molecule has 3 rings (SSSR count). The van der Waals surface area contributed by atoms with Crippen LogP contribution in [0, 0.1) is 13.8 Å². The molecule has 0 spiro atoms. The first-order chi connectivity index (χ1) is 17.6. The maximum absolute atomic E-state index is 13.8. The van der Waals surface area contributed by atoms with Gasteiger partial charge in [0, 0.05) is 13.1 Å². The second-order valence-electron chi connectivity index (χ2n) is 9.09. The molecule has 2 amide bonds. The molecule has 0 aliphatic rings. The molecule has 1 atom stereocenters. The Hall–Kier alpha value is -3.65. The minimum absolute atomic E-state index is 0.0890. The second-order valence-corrected chi connectivity index (χ2v) is 11.0. The van der Waals surface area contributed by atoms with Gasteiger partial charge in [0.1, 0.15) is 12.6 Å². The maximum Gasteiger partial charge on any atom is 0.264 e. The lowest BCUT2D eigenvalue weighted by Gasteiger charge is -2.32. The molecule has 3 aromatic rings. The molecule has 0 unspecified atom stereocenters. The van der Waals surface area contributed by atoms with E-state index in [0.29, 0.717) is 12.2 Å². The third-order valence-electron chi connectivity index (χ3n) is 6.14. The van der Waals surface area contributed by atoms with Crippen LogP contribution in [0.2, 0.25) is 0 Å². The number of nitrogens with zero attached hydrogens (tertiary/aromatic N) is 2. The highest BCUT2D eigenvalue weighted by Crippen LogP contribution is 2.28. The van der Waals surface area contributed by atoms with Crippen LogP contribution in [0.4, 0.5) is 5.69 Å². The van der Waals surface area contributed by atoms with Gasteiger partial charge in [-0.25, -0.2) is 8.42 Å². The molecule has 0 aliphatic heterocycles. The highest BCUT2D eigenvalue weighted by Gasteiger charge is 2.33. The number of benzene rings is 3. The van der Waals surface area contributed by atoms with Crippen molar-refractivity contribution in [2.45, 2.75) is 51.6 Å². The monoisotopic (exact) mass is 521 g/mol. The van der Waals surface area contributed by atoms with Crippen molar-refractivity contribution in [3.05, 3.63) is 95.6 Å². The zero-order chi connectivity index (χ0) is 27.0. The van der Waals surface area contributed by atoms with Gasteiger partial charge in [-0.15, -0.1) is 0 Å². The van der Waals surface area contributed by atoms with E-state index in [4.69, 9.17) is 0 Å². The van der Waals surface area contributed by atoms with Crippen molar-refractivity contribution in [3.8, 4) is 0 Å². The number of sulfonamides is 1. The second kappa shape index (κ2) is 12.5. The van der Waals surface area contributed by atoms with E-state index in [0.717, 1.165) is 27.4 Å². The Bertz CT molecular complexity index is 1310. The molecule has 0 bridgehead atoms. The Morgan fingerprint density at radius 1 is 0.919 bits per heavy atom. The molecule has 0 saturated heterocycles. The molecule has 0 heterocycles. The predicted octanol–water partition coefficient (Wildman–Crippen LogP) is 4.44. The summed E-state index contributed by atoms with van der Waals surface area (Å²) in [6, 6.07) is 22.1. The maximum atomic E-state index is 13.8. The minimum atomic E-state index is -4.07. The molecule has 0 aromatic heterocycles. The average Bonchev–Trinajstić information content (AvgIpc) is 2.90. The lowest BCUT2D eigenvalue weighted by atomic mass is 10.1. The Morgan fingerprint density at radius 3 is 2.14 bits per heavy atom. The molecule has 7 nitrogen and oxygen atoms in total.